The van der Waals surface area contributed by atoms with Gasteiger partial charge in [-0.1, -0.05) is 31.2 Å². The summed E-state index contributed by atoms with van der Waals surface area (Å²) < 4.78 is 6.00. The number of hydrogen-bond acceptors (Lipinski definition) is 2. The van der Waals surface area contributed by atoms with Gasteiger partial charge in [0.25, 0.3) is 0 Å². The topological polar surface area (TPSA) is 21.3 Å². The summed E-state index contributed by atoms with van der Waals surface area (Å²) in [4.78, 5) is 0. The lowest BCUT2D eigenvalue weighted by Crippen LogP contribution is -2.45. The van der Waals surface area contributed by atoms with E-state index in [0.29, 0.717) is 12.1 Å². The van der Waals surface area contributed by atoms with Crippen molar-refractivity contribution in [1.82, 2.24) is 5.32 Å². The molecule has 2 rings (SSSR count). The summed E-state index contributed by atoms with van der Waals surface area (Å²) >= 11 is 0. The summed E-state index contributed by atoms with van der Waals surface area (Å²) in [6.07, 6.45) is 1.58. The number of benzene rings is 1. The molecule has 88 valence electrons. The highest BCUT2D eigenvalue weighted by atomic mass is 16.5. The van der Waals surface area contributed by atoms with E-state index < -0.39 is 0 Å². The molecular formula is C14H21NO. The lowest BCUT2D eigenvalue weighted by atomic mass is 9.99. The fourth-order valence-electron chi connectivity index (χ4n) is 2.19. The molecule has 0 saturated carbocycles. The molecule has 0 aliphatic carbocycles. The maximum absolute atomic E-state index is 6.00. The second-order valence-corrected chi connectivity index (χ2v) is 4.66. The van der Waals surface area contributed by atoms with Crippen molar-refractivity contribution in [2.75, 3.05) is 6.54 Å². The van der Waals surface area contributed by atoms with Gasteiger partial charge in [-0.2, -0.15) is 0 Å². The van der Waals surface area contributed by atoms with Crippen LogP contribution in [0.15, 0.2) is 24.3 Å². The summed E-state index contributed by atoms with van der Waals surface area (Å²) in [5.74, 6) is 0. The summed E-state index contributed by atoms with van der Waals surface area (Å²) in [5, 5.41) is 3.48. The fraction of sp³-hybridized carbons (Fsp3) is 0.571. The summed E-state index contributed by atoms with van der Waals surface area (Å²) in [7, 11) is 0. The van der Waals surface area contributed by atoms with Gasteiger partial charge < -0.3 is 10.1 Å². The zero-order chi connectivity index (χ0) is 11.5. The van der Waals surface area contributed by atoms with Crippen LogP contribution in [-0.2, 0) is 11.2 Å². The van der Waals surface area contributed by atoms with Gasteiger partial charge in [-0.15, -0.1) is 0 Å². The predicted octanol–water partition coefficient (Wildman–Crippen LogP) is 2.69. The minimum absolute atomic E-state index is 0.189. The zero-order valence-corrected chi connectivity index (χ0v) is 10.4. The molecule has 0 spiro atoms. The molecule has 1 aromatic carbocycles. The van der Waals surface area contributed by atoms with Crippen LogP contribution in [0.5, 0.6) is 0 Å². The highest BCUT2D eigenvalue weighted by Crippen LogP contribution is 2.26. The van der Waals surface area contributed by atoms with Crippen LogP contribution in [0.25, 0.3) is 0 Å². The first-order valence-electron chi connectivity index (χ1n) is 6.18. The lowest BCUT2D eigenvalue weighted by molar-refractivity contribution is -0.0520. The van der Waals surface area contributed by atoms with Crippen molar-refractivity contribution in [1.29, 1.82) is 0 Å². The van der Waals surface area contributed by atoms with Crippen molar-refractivity contribution in [3.05, 3.63) is 35.4 Å². The molecule has 2 nitrogen and oxygen atoms in total. The highest BCUT2D eigenvalue weighted by Gasteiger charge is 2.26. The van der Waals surface area contributed by atoms with E-state index in [9.17, 15) is 0 Å². The Labute approximate surface area is 98.0 Å². The Kier molecular flexibility index (Phi) is 3.62. The Morgan fingerprint density at radius 2 is 1.94 bits per heavy atom. The highest BCUT2D eigenvalue weighted by molar-refractivity contribution is 5.25. The van der Waals surface area contributed by atoms with Gasteiger partial charge in [0.05, 0.1) is 12.2 Å². The largest absolute Gasteiger partial charge is 0.368 e. The average Bonchev–Trinajstić information content (AvgIpc) is 2.32. The quantitative estimate of drug-likeness (QED) is 0.825. The van der Waals surface area contributed by atoms with Gasteiger partial charge in [0.2, 0.25) is 0 Å². The van der Waals surface area contributed by atoms with Crippen molar-refractivity contribution in [3.63, 3.8) is 0 Å². The van der Waals surface area contributed by atoms with Gasteiger partial charge in [0.1, 0.15) is 0 Å². The number of morpholine rings is 1. The van der Waals surface area contributed by atoms with Gasteiger partial charge >= 0.3 is 0 Å². The molecular weight excluding hydrogens is 198 g/mol. The third-order valence-electron chi connectivity index (χ3n) is 3.28. The Balaban J connectivity index is 2.15. The van der Waals surface area contributed by atoms with E-state index in [4.69, 9.17) is 4.74 Å². The van der Waals surface area contributed by atoms with Crippen molar-refractivity contribution in [3.8, 4) is 0 Å². The average molecular weight is 219 g/mol. The molecule has 1 aromatic rings. The molecule has 0 bridgehead atoms. The molecule has 2 heteroatoms. The SMILES string of the molecule is CCc1ccc(C2OC(C)CNC2C)cc1. The van der Waals surface area contributed by atoms with Crippen LogP contribution in [-0.4, -0.2) is 18.7 Å². The molecule has 1 fully saturated rings. The van der Waals surface area contributed by atoms with Crippen LogP contribution in [0.4, 0.5) is 0 Å². The first-order valence-corrected chi connectivity index (χ1v) is 6.18. The number of nitrogens with one attached hydrogen (secondary N) is 1. The monoisotopic (exact) mass is 219 g/mol. The van der Waals surface area contributed by atoms with E-state index in [1.165, 1.54) is 11.1 Å². The number of hydrogen-bond donors (Lipinski definition) is 1. The molecule has 1 N–H and O–H groups in total. The van der Waals surface area contributed by atoms with Gasteiger partial charge in [-0.05, 0) is 31.4 Å². The van der Waals surface area contributed by atoms with Crippen molar-refractivity contribution in [2.45, 2.75) is 45.4 Å². The zero-order valence-electron chi connectivity index (χ0n) is 10.4. The van der Waals surface area contributed by atoms with Crippen LogP contribution in [0.2, 0.25) is 0 Å². The van der Waals surface area contributed by atoms with Gasteiger partial charge in [-0.25, -0.2) is 0 Å². The smallest absolute Gasteiger partial charge is 0.0979 e. The number of rotatable bonds is 2. The van der Waals surface area contributed by atoms with Gasteiger partial charge in [-0.3, -0.25) is 0 Å². The minimum atomic E-state index is 0.189. The van der Waals surface area contributed by atoms with Crippen molar-refractivity contribution in [2.24, 2.45) is 0 Å². The first-order chi connectivity index (χ1) is 7.70. The maximum atomic E-state index is 6.00. The van der Waals surface area contributed by atoms with Crippen LogP contribution >= 0.6 is 0 Å². The second kappa shape index (κ2) is 4.98. The third kappa shape index (κ3) is 2.45. The lowest BCUT2D eigenvalue weighted by Gasteiger charge is -2.34. The minimum Gasteiger partial charge on any atom is -0.368 e. The third-order valence-corrected chi connectivity index (χ3v) is 3.28. The Morgan fingerprint density at radius 1 is 1.25 bits per heavy atom. The van der Waals surface area contributed by atoms with Crippen LogP contribution < -0.4 is 5.32 Å². The summed E-state index contributed by atoms with van der Waals surface area (Å²) in [6.45, 7) is 7.43. The fourth-order valence-corrected chi connectivity index (χ4v) is 2.19. The van der Waals surface area contributed by atoms with E-state index in [2.05, 4.69) is 50.4 Å². The summed E-state index contributed by atoms with van der Waals surface area (Å²) in [6, 6.07) is 9.18. The summed E-state index contributed by atoms with van der Waals surface area (Å²) in [5.41, 5.74) is 2.66. The number of ether oxygens (including phenoxy) is 1. The van der Waals surface area contributed by atoms with Crippen molar-refractivity contribution >= 4 is 0 Å². The first kappa shape index (κ1) is 11.6. The van der Waals surface area contributed by atoms with Gasteiger partial charge in [0.15, 0.2) is 0 Å². The Morgan fingerprint density at radius 3 is 2.56 bits per heavy atom. The molecule has 0 radical (unpaired) electrons. The predicted molar refractivity (Wildman–Crippen MR) is 66.6 cm³/mol. The molecule has 1 aliphatic heterocycles. The molecule has 3 unspecified atom stereocenters. The van der Waals surface area contributed by atoms with Crippen LogP contribution in [0.1, 0.15) is 38.0 Å². The molecule has 1 heterocycles. The van der Waals surface area contributed by atoms with Crippen LogP contribution in [0.3, 0.4) is 0 Å². The number of aryl methyl sites for hydroxylation is 1. The standard InChI is InChI=1S/C14H21NO/c1-4-12-5-7-13(8-6-12)14-11(3)15-9-10(2)16-14/h5-8,10-11,14-15H,4,9H2,1-3H3. The van der Waals surface area contributed by atoms with E-state index in [0.717, 1.165) is 13.0 Å². The normalized spacial score (nSPS) is 30.3. The van der Waals surface area contributed by atoms with Crippen molar-refractivity contribution < 1.29 is 4.74 Å². The van der Waals surface area contributed by atoms with Crippen LogP contribution in [0, 0.1) is 0 Å². The maximum Gasteiger partial charge on any atom is 0.0979 e. The van der Waals surface area contributed by atoms with Gasteiger partial charge in [0, 0.05) is 12.6 Å². The molecule has 16 heavy (non-hydrogen) atoms. The van der Waals surface area contributed by atoms with E-state index >= 15 is 0 Å². The Bertz CT molecular complexity index is 333. The molecule has 0 amide bonds. The molecule has 1 aliphatic rings. The molecule has 0 aromatic heterocycles. The van der Waals surface area contributed by atoms with E-state index in [-0.39, 0.29) is 6.10 Å². The van der Waals surface area contributed by atoms with E-state index in [1.807, 2.05) is 0 Å². The Hall–Kier alpha value is -0.860. The molecule has 1 saturated heterocycles. The second-order valence-electron chi connectivity index (χ2n) is 4.66. The molecule has 3 atom stereocenters. The van der Waals surface area contributed by atoms with E-state index in [1.54, 1.807) is 0 Å².